The van der Waals surface area contributed by atoms with Crippen LogP contribution in [0.15, 0.2) is 67.0 Å². The van der Waals surface area contributed by atoms with Crippen molar-refractivity contribution in [2.75, 3.05) is 54.9 Å². The van der Waals surface area contributed by atoms with Gasteiger partial charge in [0.15, 0.2) is 0 Å². The minimum atomic E-state index is -0.360. The molecule has 2 aromatic carbocycles. The number of rotatable bonds is 10. The van der Waals surface area contributed by atoms with E-state index in [0.717, 1.165) is 62.0 Å². The zero-order chi connectivity index (χ0) is 29.3. The summed E-state index contributed by atoms with van der Waals surface area (Å²) in [5, 5.41) is 5.82. The van der Waals surface area contributed by atoms with Gasteiger partial charge in [0.25, 0.3) is 0 Å². The van der Waals surface area contributed by atoms with Crippen molar-refractivity contribution in [3.8, 4) is 17.5 Å². The summed E-state index contributed by atoms with van der Waals surface area (Å²) in [5.74, 6) is 2.01. The topological polar surface area (TPSA) is 118 Å². The lowest BCUT2D eigenvalue weighted by molar-refractivity contribution is 0.224. The Balaban J connectivity index is 1.08. The Hall–Kier alpha value is -4.77. The van der Waals surface area contributed by atoms with Gasteiger partial charge in [0.05, 0.1) is 12.3 Å². The molecule has 0 spiro atoms. The molecule has 2 aromatic heterocycles. The van der Waals surface area contributed by atoms with Crippen LogP contribution in [0.1, 0.15) is 23.4 Å². The van der Waals surface area contributed by atoms with Crippen molar-refractivity contribution in [2.24, 2.45) is 0 Å². The average Bonchev–Trinajstić information content (AvgIpc) is 2.98. The summed E-state index contributed by atoms with van der Waals surface area (Å²) in [5.41, 5.74) is 3.86. The fraction of sp³-hybridized carbons (Fsp3) is 0.323. The molecule has 1 fully saturated rings. The standard InChI is InChI=1S/C31H36N8O3/c1-22-7-4-8-27(41-20-6-15-38-16-18-39(19-17-38)29-32-13-5-14-33-29)28(22)37-30(40)36-25-9-11-26(12-10-25)42-31-34-23(2)21-24(3)35-31/h4-5,7-14,21H,6,15-20H2,1-3H3,(H2,36,37,40). The molecule has 42 heavy (non-hydrogen) atoms. The largest absolute Gasteiger partial charge is 0.491 e. The molecule has 2 N–H and O–H groups in total. The fourth-order valence-corrected chi connectivity index (χ4v) is 4.74. The van der Waals surface area contributed by atoms with Crippen LogP contribution in [0.3, 0.4) is 0 Å². The molecule has 0 radical (unpaired) electrons. The molecule has 0 bridgehead atoms. The second-order valence-electron chi connectivity index (χ2n) is 10.2. The summed E-state index contributed by atoms with van der Waals surface area (Å²) >= 11 is 0. The van der Waals surface area contributed by atoms with E-state index in [1.54, 1.807) is 36.7 Å². The lowest BCUT2D eigenvalue weighted by atomic mass is 10.2. The van der Waals surface area contributed by atoms with E-state index in [1.165, 1.54) is 0 Å². The maximum Gasteiger partial charge on any atom is 0.323 e. The predicted molar refractivity (Wildman–Crippen MR) is 163 cm³/mol. The second-order valence-corrected chi connectivity index (χ2v) is 10.2. The summed E-state index contributed by atoms with van der Waals surface area (Å²) in [6.45, 7) is 10.9. The first-order valence-corrected chi connectivity index (χ1v) is 14.1. The van der Waals surface area contributed by atoms with Crippen LogP contribution in [-0.4, -0.2) is 70.2 Å². The predicted octanol–water partition coefficient (Wildman–Crippen LogP) is 5.22. The Kier molecular flexibility index (Phi) is 9.40. The summed E-state index contributed by atoms with van der Waals surface area (Å²) < 4.78 is 11.9. The van der Waals surface area contributed by atoms with Gasteiger partial charge in [-0.05, 0) is 75.2 Å². The van der Waals surface area contributed by atoms with E-state index in [4.69, 9.17) is 9.47 Å². The van der Waals surface area contributed by atoms with E-state index in [2.05, 4.69) is 40.4 Å². The lowest BCUT2D eigenvalue weighted by Crippen LogP contribution is -2.47. The number of nitrogens with zero attached hydrogens (tertiary/aromatic N) is 6. The van der Waals surface area contributed by atoms with Gasteiger partial charge in [-0.3, -0.25) is 4.90 Å². The van der Waals surface area contributed by atoms with Gasteiger partial charge >= 0.3 is 12.0 Å². The zero-order valence-electron chi connectivity index (χ0n) is 24.2. The number of hydrogen-bond acceptors (Lipinski definition) is 9. The van der Waals surface area contributed by atoms with Gasteiger partial charge in [0, 0.05) is 62.2 Å². The van der Waals surface area contributed by atoms with Crippen molar-refractivity contribution in [2.45, 2.75) is 27.2 Å². The first-order valence-electron chi connectivity index (χ1n) is 14.1. The number of carbonyl (C=O) groups excluding carboxylic acids is 1. The molecular formula is C31H36N8O3. The molecule has 5 rings (SSSR count). The number of carbonyl (C=O) groups is 1. The van der Waals surface area contributed by atoms with E-state index >= 15 is 0 Å². The Morgan fingerprint density at radius 2 is 1.60 bits per heavy atom. The summed E-state index contributed by atoms with van der Waals surface area (Å²) in [6, 6.07) is 16.4. The van der Waals surface area contributed by atoms with Gasteiger partial charge in [-0.25, -0.2) is 24.7 Å². The summed E-state index contributed by atoms with van der Waals surface area (Å²) in [7, 11) is 0. The van der Waals surface area contributed by atoms with Crippen LogP contribution < -0.4 is 25.0 Å². The van der Waals surface area contributed by atoms with Gasteiger partial charge in [0.2, 0.25) is 5.95 Å². The Bertz CT molecular complexity index is 1460. The third kappa shape index (κ3) is 7.91. The van der Waals surface area contributed by atoms with Crippen LogP contribution in [0.2, 0.25) is 0 Å². The molecule has 0 saturated carbocycles. The molecule has 3 heterocycles. The molecule has 1 aliphatic rings. The highest BCUT2D eigenvalue weighted by molar-refractivity contribution is 6.01. The van der Waals surface area contributed by atoms with Crippen molar-refractivity contribution in [3.63, 3.8) is 0 Å². The molecule has 0 atom stereocenters. The molecule has 2 amide bonds. The third-order valence-corrected chi connectivity index (χ3v) is 6.84. The zero-order valence-corrected chi connectivity index (χ0v) is 24.2. The number of piperazine rings is 1. The smallest absolute Gasteiger partial charge is 0.323 e. The Morgan fingerprint density at radius 3 is 2.31 bits per heavy atom. The monoisotopic (exact) mass is 568 g/mol. The van der Waals surface area contributed by atoms with Crippen molar-refractivity contribution in [1.29, 1.82) is 0 Å². The Morgan fingerprint density at radius 1 is 0.881 bits per heavy atom. The maximum atomic E-state index is 12.9. The number of aromatic nitrogens is 4. The first kappa shape index (κ1) is 28.7. The SMILES string of the molecule is Cc1cc(C)nc(Oc2ccc(NC(=O)Nc3c(C)cccc3OCCCN3CCN(c4ncccn4)CC3)cc2)n1. The van der Waals surface area contributed by atoms with E-state index < -0.39 is 0 Å². The minimum Gasteiger partial charge on any atom is -0.491 e. The number of aryl methyl sites for hydroxylation is 3. The van der Waals surface area contributed by atoms with Crippen molar-refractivity contribution >= 4 is 23.4 Å². The van der Waals surface area contributed by atoms with Gasteiger partial charge in [-0.1, -0.05) is 12.1 Å². The highest BCUT2D eigenvalue weighted by Crippen LogP contribution is 2.29. The summed E-state index contributed by atoms with van der Waals surface area (Å²) in [4.78, 5) is 34.8. The number of benzene rings is 2. The number of nitrogens with one attached hydrogen (secondary N) is 2. The van der Waals surface area contributed by atoms with Gasteiger partial charge in [-0.15, -0.1) is 0 Å². The van der Waals surface area contributed by atoms with E-state index in [1.807, 2.05) is 51.1 Å². The van der Waals surface area contributed by atoms with Crippen LogP contribution in [0.5, 0.6) is 17.5 Å². The highest BCUT2D eigenvalue weighted by Gasteiger charge is 2.18. The number of urea groups is 1. The van der Waals surface area contributed by atoms with E-state index in [9.17, 15) is 4.79 Å². The molecule has 11 nitrogen and oxygen atoms in total. The number of amides is 2. The number of para-hydroxylation sites is 1. The van der Waals surface area contributed by atoms with Crippen LogP contribution in [0, 0.1) is 20.8 Å². The van der Waals surface area contributed by atoms with Crippen LogP contribution in [0.25, 0.3) is 0 Å². The minimum absolute atomic E-state index is 0.291. The molecule has 1 aliphatic heterocycles. The maximum absolute atomic E-state index is 12.9. The molecule has 1 saturated heterocycles. The van der Waals surface area contributed by atoms with Crippen LogP contribution in [0.4, 0.5) is 22.1 Å². The first-order chi connectivity index (χ1) is 20.4. The summed E-state index contributed by atoms with van der Waals surface area (Å²) in [6.07, 6.45) is 4.44. The van der Waals surface area contributed by atoms with Gasteiger partial charge in [-0.2, -0.15) is 0 Å². The molecular weight excluding hydrogens is 532 g/mol. The fourth-order valence-electron chi connectivity index (χ4n) is 4.74. The van der Waals surface area contributed by atoms with Gasteiger partial charge < -0.3 is 25.0 Å². The second kappa shape index (κ2) is 13.7. The lowest BCUT2D eigenvalue weighted by Gasteiger charge is -2.34. The molecule has 4 aromatic rings. The number of hydrogen-bond donors (Lipinski definition) is 2. The average molecular weight is 569 g/mol. The molecule has 0 unspecified atom stereocenters. The number of ether oxygens (including phenoxy) is 2. The number of anilines is 3. The van der Waals surface area contributed by atoms with Crippen molar-refractivity contribution in [1.82, 2.24) is 24.8 Å². The van der Waals surface area contributed by atoms with Crippen LogP contribution in [-0.2, 0) is 0 Å². The quantitative estimate of drug-likeness (QED) is 0.248. The van der Waals surface area contributed by atoms with E-state index in [-0.39, 0.29) is 6.03 Å². The third-order valence-electron chi connectivity index (χ3n) is 6.84. The normalized spacial score (nSPS) is 13.5. The van der Waals surface area contributed by atoms with Crippen molar-refractivity contribution in [3.05, 3.63) is 83.9 Å². The highest BCUT2D eigenvalue weighted by atomic mass is 16.5. The molecule has 0 aliphatic carbocycles. The van der Waals surface area contributed by atoms with Crippen LogP contribution >= 0.6 is 0 Å². The molecule has 218 valence electrons. The van der Waals surface area contributed by atoms with Gasteiger partial charge in [0.1, 0.15) is 11.5 Å². The van der Waals surface area contributed by atoms with Crippen molar-refractivity contribution < 1.29 is 14.3 Å². The van der Waals surface area contributed by atoms with E-state index in [0.29, 0.717) is 35.5 Å². The molecule has 11 heteroatoms. The Labute approximate surface area is 245 Å².